The lowest BCUT2D eigenvalue weighted by Crippen LogP contribution is -2.36. The van der Waals surface area contributed by atoms with E-state index in [1.165, 1.54) is 0 Å². The highest BCUT2D eigenvalue weighted by Crippen LogP contribution is 2.51. The molecule has 6 nitrogen and oxygen atoms in total. The highest BCUT2D eigenvalue weighted by Gasteiger charge is 2.53. The van der Waals surface area contributed by atoms with Gasteiger partial charge in [-0.2, -0.15) is 5.10 Å². The molecule has 2 aromatic rings. The maximum atomic E-state index is 12.9. The van der Waals surface area contributed by atoms with Gasteiger partial charge in [0.1, 0.15) is 5.75 Å². The summed E-state index contributed by atoms with van der Waals surface area (Å²) < 4.78 is 6.99. The monoisotopic (exact) mass is 355 g/mol. The first-order valence-corrected chi connectivity index (χ1v) is 9.09. The number of nitrogens with zero attached hydrogens (tertiary/aromatic N) is 3. The molecule has 1 aliphatic carbocycles. The molecule has 0 radical (unpaired) electrons. The zero-order chi connectivity index (χ0) is 18.5. The van der Waals surface area contributed by atoms with E-state index >= 15 is 0 Å². The summed E-state index contributed by atoms with van der Waals surface area (Å²) in [6, 6.07) is 7.67. The molecule has 2 aliphatic rings. The van der Waals surface area contributed by atoms with Crippen LogP contribution >= 0.6 is 0 Å². The van der Waals surface area contributed by atoms with E-state index in [4.69, 9.17) is 4.74 Å². The summed E-state index contributed by atoms with van der Waals surface area (Å²) in [5.41, 5.74) is 1.38. The lowest BCUT2D eigenvalue weighted by atomic mass is 9.82. The van der Waals surface area contributed by atoms with E-state index in [-0.39, 0.29) is 11.8 Å². The summed E-state index contributed by atoms with van der Waals surface area (Å²) in [6.45, 7) is 3.13. The summed E-state index contributed by atoms with van der Waals surface area (Å²) in [4.78, 5) is 14.8. The minimum atomic E-state index is -0.905. The van der Waals surface area contributed by atoms with E-state index in [2.05, 4.69) is 5.10 Å². The molecule has 1 saturated carbocycles. The molecule has 26 heavy (non-hydrogen) atoms. The average Bonchev–Trinajstić information content (AvgIpc) is 3.30. The highest BCUT2D eigenvalue weighted by atomic mass is 16.5. The van der Waals surface area contributed by atoms with Crippen LogP contribution in [0.25, 0.3) is 0 Å². The van der Waals surface area contributed by atoms with Crippen molar-refractivity contribution in [3.05, 3.63) is 47.3 Å². The van der Waals surface area contributed by atoms with Crippen LogP contribution in [0.5, 0.6) is 5.75 Å². The molecule has 4 rings (SSSR count). The minimum Gasteiger partial charge on any atom is -0.497 e. The van der Waals surface area contributed by atoms with Crippen molar-refractivity contribution >= 4 is 5.91 Å². The number of ether oxygens (including phenoxy) is 1. The summed E-state index contributed by atoms with van der Waals surface area (Å²) in [5, 5.41) is 15.7. The number of hydrogen-bond donors (Lipinski definition) is 1. The van der Waals surface area contributed by atoms with Crippen LogP contribution in [-0.4, -0.2) is 45.9 Å². The van der Waals surface area contributed by atoms with E-state index in [1.807, 2.05) is 43.1 Å². The van der Waals surface area contributed by atoms with Gasteiger partial charge >= 0.3 is 0 Å². The standard InChI is InChI=1S/C20H25N3O3/c1-13-17(11-22(2)21-13)19(24)23-10-14-7-8-20(25,18(14)12-23)15-5-4-6-16(9-15)26-3/h4-6,9,11,14,18,25H,7-8,10,12H2,1-3H3/t14-,18+,20+/m1/s1. The van der Waals surface area contributed by atoms with Crippen LogP contribution in [0.4, 0.5) is 0 Å². The quantitative estimate of drug-likeness (QED) is 0.916. The van der Waals surface area contributed by atoms with E-state index < -0.39 is 5.60 Å². The number of benzene rings is 1. The molecule has 1 aromatic carbocycles. The van der Waals surface area contributed by atoms with Crippen molar-refractivity contribution in [3.63, 3.8) is 0 Å². The van der Waals surface area contributed by atoms with Gasteiger partial charge in [0.25, 0.3) is 5.91 Å². The van der Waals surface area contributed by atoms with Gasteiger partial charge in [-0.1, -0.05) is 12.1 Å². The molecule has 2 heterocycles. The number of likely N-dealkylation sites (tertiary alicyclic amines) is 1. The van der Waals surface area contributed by atoms with Crippen molar-refractivity contribution < 1.29 is 14.6 Å². The van der Waals surface area contributed by atoms with Gasteiger partial charge in [-0.3, -0.25) is 9.48 Å². The van der Waals surface area contributed by atoms with Crippen molar-refractivity contribution in [2.75, 3.05) is 20.2 Å². The topological polar surface area (TPSA) is 67.6 Å². The van der Waals surface area contributed by atoms with Crippen LogP contribution in [0.3, 0.4) is 0 Å². The number of amides is 1. The Morgan fingerprint density at radius 3 is 2.88 bits per heavy atom. The number of carbonyl (C=O) groups is 1. The molecule has 2 fully saturated rings. The maximum Gasteiger partial charge on any atom is 0.257 e. The smallest absolute Gasteiger partial charge is 0.257 e. The van der Waals surface area contributed by atoms with Crippen molar-refractivity contribution in [3.8, 4) is 5.75 Å². The van der Waals surface area contributed by atoms with E-state index in [9.17, 15) is 9.90 Å². The number of hydrogen-bond acceptors (Lipinski definition) is 4. The highest BCUT2D eigenvalue weighted by molar-refractivity contribution is 5.95. The summed E-state index contributed by atoms with van der Waals surface area (Å²) >= 11 is 0. The Morgan fingerprint density at radius 2 is 2.19 bits per heavy atom. The van der Waals surface area contributed by atoms with E-state index in [1.54, 1.807) is 18.0 Å². The van der Waals surface area contributed by atoms with E-state index in [0.29, 0.717) is 24.6 Å². The number of rotatable bonds is 3. The summed E-state index contributed by atoms with van der Waals surface area (Å²) in [6.07, 6.45) is 3.43. The second kappa shape index (κ2) is 6.13. The van der Waals surface area contributed by atoms with Crippen molar-refractivity contribution in [1.82, 2.24) is 14.7 Å². The van der Waals surface area contributed by atoms with Gasteiger partial charge in [0.05, 0.1) is 24.0 Å². The normalized spacial score (nSPS) is 27.6. The first-order valence-electron chi connectivity index (χ1n) is 9.09. The molecule has 0 unspecified atom stereocenters. The lowest BCUT2D eigenvalue weighted by Gasteiger charge is -2.31. The SMILES string of the molecule is COc1cccc([C@@]2(O)CC[C@@H]3CN(C(=O)c4cn(C)nc4C)C[C@@H]32)c1. The molecule has 1 aliphatic heterocycles. The molecular weight excluding hydrogens is 330 g/mol. The van der Waals surface area contributed by atoms with Gasteiger partial charge in [-0.25, -0.2) is 0 Å². The zero-order valence-corrected chi connectivity index (χ0v) is 15.5. The predicted octanol–water partition coefficient (Wildman–Crippen LogP) is 2.11. The van der Waals surface area contributed by atoms with Crippen LogP contribution in [0.1, 0.15) is 34.5 Å². The number of aromatic nitrogens is 2. The van der Waals surface area contributed by atoms with Crippen LogP contribution in [-0.2, 0) is 12.6 Å². The Hall–Kier alpha value is -2.34. The second-order valence-electron chi connectivity index (χ2n) is 7.57. The Kier molecular flexibility index (Phi) is 4.03. The Bertz CT molecular complexity index is 847. The largest absolute Gasteiger partial charge is 0.497 e. The lowest BCUT2D eigenvalue weighted by molar-refractivity contribution is -0.00605. The fraction of sp³-hybridized carbons (Fsp3) is 0.500. The molecule has 0 spiro atoms. The Balaban J connectivity index is 1.58. The maximum absolute atomic E-state index is 12.9. The Morgan fingerprint density at radius 1 is 1.38 bits per heavy atom. The third-order valence-electron chi connectivity index (χ3n) is 6.05. The van der Waals surface area contributed by atoms with Gasteiger partial charge in [-0.05, 0) is 43.4 Å². The van der Waals surface area contributed by atoms with Crippen LogP contribution in [0.2, 0.25) is 0 Å². The number of carbonyl (C=O) groups excluding carboxylic acids is 1. The average molecular weight is 355 g/mol. The molecule has 138 valence electrons. The molecule has 1 aromatic heterocycles. The predicted molar refractivity (Wildman–Crippen MR) is 97.0 cm³/mol. The first-order chi connectivity index (χ1) is 12.4. The van der Waals surface area contributed by atoms with Gasteiger partial charge in [0.2, 0.25) is 0 Å². The molecular formula is C20H25N3O3. The third-order valence-corrected chi connectivity index (χ3v) is 6.05. The van der Waals surface area contributed by atoms with Crippen molar-refractivity contribution in [2.24, 2.45) is 18.9 Å². The van der Waals surface area contributed by atoms with Crippen molar-refractivity contribution in [2.45, 2.75) is 25.4 Å². The number of aryl methyl sites for hydroxylation is 2. The molecule has 1 N–H and O–H groups in total. The van der Waals surface area contributed by atoms with Gasteiger partial charge < -0.3 is 14.7 Å². The minimum absolute atomic E-state index is 0.0120. The van der Waals surface area contributed by atoms with Gasteiger partial charge in [0, 0.05) is 32.3 Å². The second-order valence-corrected chi connectivity index (χ2v) is 7.57. The fourth-order valence-electron chi connectivity index (χ4n) is 4.69. The van der Waals surface area contributed by atoms with Crippen LogP contribution in [0.15, 0.2) is 30.5 Å². The molecule has 1 saturated heterocycles. The van der Waals surface area contributed by atoms with Gasteiger partial charge in [-0.15, -0.1) is 0 Å². The van der Waals surface area contributed by atoms with E-state index in [0.717, 1.165) is 29.8 Å². The molecule has 1 amide bonds. The summed E-state index contributed by atoms with van der Waals surface area (Å²) in [5.74, 6) is 1.14. The fourth-order valence-corrected chi connectivity index (χ4v) is 4.69. The first kappa shape index (κ1) is 17.1. The van der Waals surface area contributed by atoms with Crippen LogP contribution < -0.4 is 4.74 Å². The Labute approximate surface area is 153 Å². The van der Waals surface area contributed by atoms with Gasteiger partial charge in [0.15, 0.2) is 0 Å². The molecule has 6 heteroatoms. The molecule has 3 atom stereocenters. The third kappa shape index (κ3) is 2.60. The number of fused-ring (bicyclic) bond motifs is 1. The number of aliphatic hydroxyl groups is 1. The summed E-state index contributed by atoms with van der Waals surface area (Å²) in [7, 11) is 3.46. The van der Waals surface area contributed by atoms with Crippen LogP contribution in [0, 0.1) is 18.8 Å². The number of methoxy groups -OCH3 is 1. The molecule has 0 bridgehead atoms. The van der Waals surface area contributed by atoms with Crippen molar-refractivity contribution in [1.29, 1.82) is 0 Å². The zero-order valence-electron chi connectivity index (χ0n) is 15.5.